The molecule has 0 aromatic heterocycles. The summed E-state index contributed by atoms with van der Waals surface area (Å²) in [7, 11) is 1.66. The zero-order valence-electron chi connectivity index (χ0n) is 24.3. The van der Waals surface area contributed by atoms with Crippen molar-refractivity contribution in [1.82, 2.24) is 20.9 Å². The molecule has 1 aromatic carbocycles. The van der Waals surface area contributed by atoms with Gasteiger partial charge in [0.25, 0.3) is 0 Å². The van der Waals surface area contributed by atoms with Crippen molar-refractivity contribution in [3.63, 3.8) is 0 Å². The SMILES string of the molecule is CCC#CC(C)C(C)/N=C(\C)CN(Cc1cc(C)ccc1F)C(=O)/N=C(\NC=O)NC1=C/C(=C/NC)C(=N)C=C1O. The summed E-state index contributed by atoms with van der Waals surface area (Å²) in [6.45, 7) is 9.43. The van der Waals surface area contributed by atoms with Crippen molar-refractivity contribution in [3.05, 3.63) is 70.5 Å². The Morgan fingerprint density at radius 2 is 2.02 bits per heavy atom. The zero-order chi connectivity index (χ0) is 30.5. The summed E-state index contributed by atoms with van der Waals surface area (Å²) in [5.74, 6) is 5.19. The number of nitrogens with zero attached hydrogens (tertiary/aromatic N) is 3. The lowest BCUT2D eigenvalue weighted by atomic mass is 10.0. The number of nitrogens with one attached hydrogen (secondary N) is 4. The molecule has 0 saturated carbocycles. The number of aliphatic imine (C=N–C) groups is 2. The van der Waals surface area contributed by atoms with Crippen molar-refractivity contribution in [3.8, 4) is 11.8 Å². The van der Waals surface area contributed by atoms with Crippen molar-refractivity contribution < 1.29 is 19.1 Å². The fourth-order valence-corrected chi connectivity index (χ4v) is 3.81. The molecule has 41 heavy (non-hydrogen) atoms. The van der Waals surface area contributed by atoms with E-state index in [1.807, 2.05) is 27.7 Å². The number of guanidine groups is 1. The highest BCUT2D eigenvalue weighted by molar-refractivity contribution is 6.10. The van der Waals surface area contributed by atoms with E-state index in [9.17, 15) is 19.1 Å². The summed E-state index contributed by atoms with van der Waals surface area (Å²) >= 11 is 0. The Hall–Kier alpha value is -4.72. The molecule has 218 valence electrons. The zero-order valence-corrected chi connectivity index (χ0v) is 24.3. The Balaban J connectivity index is 2.42. The lowest BCUT2D eigenvalue weighted by molar-refractivity contribution is -0.108. The summed E-state index contributed by atoms with van der Waals surface area (Å²) in [5, 5.41) is 26.2. The van der Waals surface area contributed by atoms with Crippen LogP contribution in [0, 0.1) is 35.9 Å². The molecule has 0 bridgehead atoms. The summed E-state index contributed by atoms with van der Waals surface area (Å²) in [6, 6.07) is 3.72. The van der Waals surface area contributed by atoms with Crippen LogP contribution in [-0.2, 0) is 11.3 Å². The number of carbonyl (C=O) groups excluding carboxylic acids is 2. The largest absolute Gasteiger partial charge is 0.506 e. The van der Waals surface area contributed by atoms with Gasteiger partial charge in [-0.1, -0.05) is 30.5 Å². The van der Waals surface area contributed by atoms with Crippen LogP contribution >= 0.6 is 0 Å². The maximum absolute atomic E-state index is 14.7. The molecule has 0 aliphatic heterocycles. The number of carbonyl (C=O) groups is 2. The van der Waals surface area contributed by atoms with Crippen LogP contribution in [0.2, 0.25) is 0 Å². The van der Waals surface area contributed by atoms with Crippen LogP contribution in [0.1, 0.15) is 45.2 Å². The quantitative estimate of drug-likeness (QED) is 0.133. The number of allylic oxidation sites excluding steroid dienone is 3. The minimum atomic E-state index is -0.776. The lowest BCUT2D eigenvalue weighted by Crippen LogP contribution is -2.40. The van der Waals surface area contributed by atoms with Gasteiger partial charge in [0.1, 0.15) is 11.6 Å². The molecular formula is C30H38FN7O3. The fourth-order valence-electron chi connectivity index (χ4n) is 3.81. The monoisotopic (exact) mass is 563 g/mol. The maximum atomic E-state index is 14.7. The number of benzene rings is 1. The molecule has 3 amide bonds. The van der Waals surface area contributed by atoms with Crippen molar-refractivity contribution in [1.29, 1.82) is 5.41 Å². The van der Waals surface area contributed by atoms with Gasteiger partial charge in [-0.25, -0.2) is 9.18 Å². The third-order valence-corrected chi connectivity index (χ3v) is 6.03. The first-order chi connectivity index (χ1) is 19.5. The number of aliphatic hydroxyl groups excluding tert-OH is 1. The van der Waals surface area contributed by atoms with Crippen LogP contribution in [0.15, 0.2) is 63.6 Å². The molecule has 1 aliphatic rings. The number of aliphatic hydroxyl groups is 1. The Labute approximate surface area is 240 Å². The molecule has 2 unspecified atom stereocenters. The van der Waals surface area contributed by atoms with E-state index in [1.54, 1.807) is 32.3 Å². The van der Waals surface area contributed by atoms with E-state index in [0.717, 1.165) is 12.0 Å². The van der Waals surface area contributed by atoms with E-state index in [0.29, 0.717) is 23.3 Å². The predicted octanol–water partition coefficient (Wildman–Crippen LogP) is 4.11. The molecule has 0 fully saturated rings. The second-order valence-electron chi connectivity index (χ2n) is 9.54. The molecule has 2 rings (SSSR count). The van der Waals surface area contributed by atoms with Crippen molar-refractivity contribution >= 4 is 29.8 Å². The molecule has 11 heteroatoms. The van der Waals surface area contributed by atoms with Crippen LogP contribution in [0.5, 0.6) is 0 Å². The fraction of sp³-hybridized carbons (Fsp3) is 0.367. The second-order valence-corrected chi connectivity index (χ2v) is 9.54. The number of hydrogen-bond acceptors (Lipinski definition) is 6. The molecule has 0 heterocycles. The van der Waals surface area contributed by atoms with Gasteiger partial charge in [-0.3, -0.25) is 15.1 Å². The Kier molecular flexibility index (Phi) is 12.5. The van der Waals surface area contributed by atoms with Crippen molar-refractivity contribution in [2.24, 2.45) is 15.9 Å². The van der Waals surface area contributed by atoms with Gasteiger partial charge in [-0.2, -0.15) is 4.99 Å². The van der Waals surface area contributed by atoms with Crippen molar-refractivity contribution in [2.75, 3.05) is 13.6 Å². The maximum Gasteiger partial charge on any atom is 0.347 e. The van der Waals surface area contributed by atoms with Crippen LogP contribution in [0.25, 0.3) is 0 Å². The van der Waals surface area contributed by atoms with Crippen LogP contribution in [0.4, 0.5) is 9.18 Å². The van der Waals surface area contributed by atoms with Gasteiger partial charge in [0.15, 0.2) is 0 Å². The Bertz CT molecular complexity index is 1370. The van der Waals surface area contributed by atoms with Crippen LogP contribution in [0.3, 0.4) is 0 Å². The van der Waals surface area contributed by atoms with Gasteiger partial charge in [0.05, 0.1) is 30.5 Å². The Morgan fingerprint density at radius 3 is 2.68 bits per heavy atom. The third-order valence-electron chi connectivity index (χ3n) is 6.03. The minimum absolute atomic E-state index is 0.00159. The molecule has 0 spiro atoms. The molecular weight excluding hydrogens is 525 g/mol. The van der Waals surface area contributed by atoms with Crippen molar-refractivity contribution in [2.45, 2.75) is 53.6 Å². The number of amides is 3. The van der Waals surface area contributed by atoms with Gasteiger partial charge in [-0.15, -0.1) is 5.92 Å². The lowest BCUT2D eigenvalue weighted by Gasteiger charge is -2.23. The van der Waals surface area contributed by atoms with Gasteiger partial charge in [0.2, 0.25) is 12.4 Å². The molecule has 1 aliphatic carbocycles. The average Bonchev–Trinajstić information content (AvgIpc) is 2.91. The minimum Gasteiger partial charge on any atom is -0.506 e. The highest BCUT2D eigenvalue weighted by atomic mass is 19.1. The van der Waals surface area contributed by atoms with E-state index >= 15 is 0 Å². The first kappa shape index (κ1) is 32.5. The van der Waals surface area contributed by atoms with E-state index in [-0.39, 0.29) is 48.2 Å². The summed E-state index contributed by atoms with van der Waals surface area (Å²) in [4.78, 5) is 34.8. The molecule has 10 nitrogen and oxygen atoms in total. The molecule has 1 aromatic rings. The normalized spacial score (nSPS) is 16.1. The molecule has 5 N–H and O–H groups in total. The van der Waals surface area contributed by atoms with Crippen LogP contribution < -0.4 is 16.0 Å². The Morgan fingerprint density at radius 1 is 1.29 bits per heavy atom. The molecule has 0 radical (unpaired) electrons. The standard InChI is InChI=1S/C30H38FN7O3/c1-7-8-9-20(3)22(5)35-21(4)16-38(17-24-12-19(2)10-11-25(24)31)30(41)37-29(34-18-39)36-27-13-23(15-33-6)26(32)14-28(27)40/h10-15,18,20,22,32-33,40H,7,16-17H2,1-6H3,(H2,34,36,37,39,41)/b23-15-,32-26?,35-21+. The summed E-state index contributed by atoms with van der Waals surface area (Å²) < 4.78 is 14.7. The number of urea groups is 1. The van der Waals surface area contributed by atoms with Gasteiger partial charge in [-0.05, 0) is 39.8 Å². The smallest absolute Gasteiger partial charge is 0.347 e. The van der Waals surface area contributed by atoms with E-state index in [4.69, 9.17) is 10.4 Å². The summed E-state index contributed by atoms with van der Waals surface area (Å²) in [5.41, 5.74) is 2.35. The number of aryl methyl sites for hydroxylation is 1. The highest BCUT2D eigenvalue weighted by Gasteiger charge is 2.21. The number of hydrogen-bond donors (Lipinski definition) is 5. The summed E-state index contributed by atoms with van der Waals surface area (Å²) in [6.07, 6.45) is 5.30. The first-order valence-electron chi connectivity index (χ1n) is 13.2. The van der Waals surface area contributed by atoms with E-state index < -0.39 is 11.8 Å². The highest BCUT2D eigenvalue weighted by Crippen LogP contribution is 2.17. The van der Waals surface area contributed by atoms with Gasteiger partial charge < -0.3 is 26.0 Å². The second kappa shape index (κ2) is 15.8. The molecule has 2 atom stereocenters. The predicted molar refractivity (Wildman–Crippen MR) is 160 cm³/mol. The van der Waals surface area contributed by atoms with E-state index in [2.05, 4.69) is 32.8 Å². The topological polar surface area (TPSA) is 142 Å². The third kappa shape index (κ3) is 10.1. The molecule has 0 saturated heterocycles. The van der Waals surface area contributed by atoms with E-state index in [1.165, 1.54) is 23.1 Å². The van der Waals surface area contributed by atoms with Gasteiger partial charge in [0, 0.05) is 48.5 Å². The first-order valence-corrected chi connectivity index (χ1v) is 13.2. The average molecular weight is 564 g/mol. The van der Waals surface area contributed by atoms with Gasteiger partial charge >= 0.3 is 6.03 Å². The number of rotatable bonds is 9. The number of halogens is 1. The van der Waals surface area contributed by atoms with Crippen LogP contribution in [-0.4, -0.2) is 59.5 Å².